The van der Waals surface area contributed by atoms with Crippen molar-refractivity contribution in [2.75, 3.05) is 6.54 Å². The number of hydrogen-bond acceptors (Lipinski definition) is 2. The number of aliphatic carboxylic acids is 1. The van der Waals surface area contributed by atoms with Gasteiger partial charge in [-0.1, -0.05) is 12.8 Å². The third-order valence-electron chi connectivity index (χ3n) is 3.53. The Morgan fingerprint density at radius 3 is 2.33 bits per heavy atom. The number of likely N-dealkylation sites (tertiary alicyclic amines) is 1. The van der Waals surface area contributed by atoms with Crippen molar-refractivity contribution in [3.63, 3.8) is 0 Å². The van der Waals surface area contributed by atoms with Crippen LogP contribution in [-0.4, -0.2) is 34.5 Å². The minimum atomic E-state index is -0.848. The van der Waals surface area contributed by atoms with Gasteiger partial charge in [-0.15, -0.1) is 0 Å². The molecule has 4 nitrogen and oxygen atoms in total. The standard InChI is InChI=1S/C11H17NO3/c13-10(8-4-1-2-5-8)12-7-3-6-9(12)11(14)15/h8-9H,1-7H2,(H,14,15)/t9-/m1/s1. The van der Waals surface area contributed by atoms with E-state index in [1.807, 2.05) is 0 Å². The van der Waals surface area contributed by atoms with Crippen molar-refractivity contribution in [3.05, 3.63) is 0 Å². The van der Waals surface area contributed by atoms with Crippen molar-refractivity contribution in [3.8, 4) is 0 Å². The maximum absolute atomic E-state index is 12.0. The summed E-state index contributed by atoms with van der Waals surface area (Å²) in [6, 6.07) is -0.557. The van der Waals surface area contributed by atoms with E-state index in [4.69, 9.17) is 5.11 Å². The number of carboxylic acids is 1. The fourth-order valence-corrected chi connectivity index (χ4v) is 2.69. The van der Waals surface area contributed by atoms with Crippen LogP contribution in [0.3, 0.4) is 0 Å². The molecule has 0 aromatic rings. The van der Waals surface area contributed by atoms with Crippen molar-refractivity contribution in [2.24, 2.45) is 5.92 Å². The smallest absolute Gasteiger partial charge is 0.326 e. The number of carboxylic acid groups (broad SMARTS) is 1. The van der Waals surface area contributed by atoms with E-state index in [9.17, 15) is 9.59 Å². The lowest BCUT2D eigenvalue weighted by atomic mass is 10.1. The molecule has 0 aromatic heterocycles. The zero-order valence-electron chi connectivity index (χ0n) is 8.82. The average molecular weight is 211 g/mol. The molecular formula is C11H17NO3. The summed E-state index contributed by atoms with van der Waals surface area (Å²) >= 11 is 0. The third-order valence-corrected chi connectivity index (χ3v) is 3.53. The minimum Gasteiger partial charge on any atom is -0.480 e. The normalized spacial score (nSPS) is 27.2. The molecule has 0 bridgehead atoms. The van der Waals surface area contributed by atoms with E-state index >= 15 is 0 Å². The molecule has 1 aliphatic heterocycles. The molecule has 1 atom stereocenters. The van der Waals surface area contributed by atoms with E-state index in [0.717, 1.165) is 32.1 Å². The van der Waals surface area contributed by atoms with Gasteiger partial charge in [0.05, 0.1) is 0 Å². The molecule has 0 radical (unpaired) electrons. The first-order valence-corrected chi connectivity index (χ1v) is 5.73. The van der Waals surface area contributed by atoms with Crippen molar-refractivity contribution < 1.29 is 14.7 Å². The molecular weight excluding hydrogens is 194 g/mol. The van der Waals surface area contributed by atoms with Gasteiger partial charge in [0, 0.05) is 12.5 Å². The predicted molar refractivity (Wildman–Crippen MR) is 54.3 cm³/mol. The molecule has 1 N–H and O–H groups in total. The zero-order valence-corrected chi connectivity index (χ0v) is 8.82. The first-order valence-electron chi connectivity index (χ1n) is 5.73. The highest BCUT2D eigenvalue weighted by Crippen LogP contribution is 2.29. The molecule has 1 saturated carbocycles. The Bertz CT molecular complexity index is 271. The molecule has 1 heterocycles. The molecule has 0 spiro atoms. The average Bonchev–Trinajstić information content (AvgIpc) is 2.88. The van der Waals surface area contributed by atoms with Crippen LogP contribution in [0.15, 0.2) is 0 Å². The number of amides is 1. The topological polar surface area (TPSA) is 57.6 Å². The van der Waals surface area contributed by atoms with Gasteiger partial charge in [-0.3, -0.25) is 4.79 Å². The fourth-order valence-electron chi connectivity index (χ4n) is 2.69. The molecule has 84 valence electrons. The van der Waals surface area contributed by atoms with Crippen LogP contribution in [0.25, 0.3) is 0 Å². The van der Waals surface area contributed by atoms with E-state index < -0.39 is 12.0 Å². The number of rotatable bonds is 2. The highest BCUT2D eigenvalue weighted by Gasteiger charge is 2.37. The van der Waals surface area contributed by atoms with Crippen LogP contribution in [0.1, 0.15) is 38.5 Å². The van der Waals surface area contributed by atoms with Gasteiger partial charge in [0.2, 0.25) is 5.91 Å². The van der Waals surface area contributed by atoms with E-state index in [2.05, 4.69) is 0 Å². The highest BCUT2D eigenvalue weighted by molar-refractivity contribution is 5.85. The molecule has 1 aliphatic carbocycles. The first-order chi connectivity index (χ1) is 7.20. The summed E-state index contributed by atoms with van der Waals surface area (Å²) in [5, 5.41) is 8.98. The Labute approximate surface area is 89.3 Å². The van der Waals surface area contributed by atoms with Gasteiger partial charge in [-0.05, 0) is 25.7 Å². The quantitative estimate of drug-likeness (QED) is 0.748. The van der Waals surface area contributed by atoms with Gasteiger partial charge >= 0.3 is 5.97 Å². The first kappa shape index (κ1) is 10.5. The lowest BCUT2D eigenvalue weighted by Gasteiger charge is -2.24. The second-order valence-electron chi connectivity index (χ2n) is 4.51. The second kappa shape index (κ2) is 4.21. The van der Waals surface area contributed by atoms with Gasteiger partial charge in [0.15, 0.2) is 0 Å². The molecule has 4 heteroatoms. The fraction of sp³-hybridized carbons (Fsp3) is 0.818. The lowest BCUT2D eigenvalue weighted by Crippen LogP contribution is -2.43. The van der Waals surface area contributed by atoms with Crippen LogP contribution in [0.2, 0.25) is 0 Å². The molecule has 0 aromatic carbocycles. The Balaban J connectivity index is 2.02. The van der Waals surface area contributed by atoms with Crippen LogP contribution in [0.5, 0.6) is 0 Å². The van der Waals surface area contributed by atoms with Crippen molar-refractivity contribution in [1.29, 1.82) is 0 Å². The van der Waals surface area contributed by atoms with Crippen molar-refractivity contribution in [2.45, 2.75) is 44.6 Å². The maximum atomic E-state index is 12.0. The zero-order chi connectivity index (χ0) is 10.8. The Morgan fingerprint density at radius 2 is 1.73 bits per heavy atom. The summed E-state index contributed by atoms with van der Waals surface area (Å²) in [7, 11) is 0. The largest absolute Gasteiger partial charge is 0.480 e. The molecule has 2 fully saturated rings. The van der Waals surface area contributed by atoms with E-state index in [0.29, 0.717) is 13.0 Å². The van der Waals surface area contributed by atoms with Gasteiger partial charge in [0.1, 0.15) is 6.04 Å². The van der Waals surface area contributed by atoms with Crippen LogP contribution in [0.4, 0.5) is 0 Å². The second-order valence-corrected chi connectivity index (χ2v) is 4.51. The summed E-state index contributed by atoms with van der Waals surface area (Å²) in [6.45, 7) is 0.631. The van der Waals surface area contributed by atoms with Gasteiger partial charge in [0.25, 0.3) is 0 Å². The lowest BCUT2D eigenvalue weighted by molar-refractivity contribution is -0.149. The molecule has 15 heavy (non-hydrogen) atoms. The molecule has 2 aliphatic rings. The number of nitrogens with zero attached hydrogens (tertiary/aromatic N) is 1. The van der Waals surface area contributed by atoms with Gasteiger partial charge in [-0.2, -0.15) is 0 Å². The summed E-state index contributed by atoms with van der Waals surface area (Å²) in [5.41, 5.74) is 0. The Hall–Kier alpha value is -1.06. The molecule has 0 unspecified atom stereocenters. The summed E-state index contributed by atoms with van der Waals surface area (Å²) in [5.74, 6) is -0.666. The third kappa shape index (κ3) is 1.98. The van der Waals surface area contributed by atoms with Gasteiger partial charge < -0.3 is 10.0 Å². The summed E-state index contributed by atoms with van der Waals surface area (Å²) < 4.78 is 0. The van der Waals surface area contributed by atoms with Crippen LogP contribution in [-0.2, 0) is 9.59 Å². The van der Waals surface area contributed by atoms with E-state index in [-0.39, 0.29) is 11.8 Å². The van der Waals surface area contributed by atoms with Crippen LogP contribution in [0, 0.1) is 5.92 Å². The van der Waals surface area contributed by atoms with E-state index in [1.165, 1.54) is 0 Å². The minimum absolute atomic E-state index is 0.0809. The molecule has 2 rings (SSSR count). The van der Waals surface area contributed by atoms with Crippen molar-refractivity contribution in [1.82, 2.24) is 4.90 Å². The highest BCUT2D eigenvalue weighted by atomic mass is 16.4. The van der Waals surface area contributed by atoms with Crippen LogP contribution < -0.4 is 0 Å². The Morgan fingerprint density at radius 1 is 1.07 bits per heavy atom. The molecule has 1 saturated heterocycles. The summed E-state index contributed by atoms with van der Waals surface area (Å²) in [6.07, 6.45) is 5.57. The van der Waals surface area contributed by atoms with Crippen LogP contribution >= 0.6 is 0 Å². The van der Waals surface area contributed by atoms with E-state index in [1.54, 1.807) is 4.90 Å². The Kier molecular flexibility index (Phi) is 2.93. The predicted octanol–water partition coefficient (Wildman–Crippen LogP) is 1.25. The van der Waals surface area contributed by atoms with Crippen molar-refractivity contribution >= 4 is 11.9 Å². The monoisotopic (exact) mass is 211 g/mol. The van der Waals surface area contributed by atoms with Gasteiger partial charge in [-0.25, -0.2) is 4.79 Å². The number of carbonyl (C=O) groups excluding carboxylic acids is 1. The maximum Gasteiger partial charge on any atom is 0.326 e. The number of carbonyl (C=O) groups is 2. The molecule has 1 amide bonds. The summed E-state index contributed by atoms with van der Waals surface area (Å²) in [4.78, 5) is 24.5. The number of hydrogen-bond donors (Lipinski definition) is 1. The SMILES string of the molecule is O=C(O)[C@H]1CCCN1C(=O)C1CCCC1.